The van der Waals surface area contributed by atoms with Crippen molar-refractivity contribution in [3.63, 3.8) is 0 Å². The zero-order valence-corrected chi connectivity index (χ0v) is 28.4. The molecule has 4 aliphatic carbocycles. The van der Waals surface area contributed by atoms with Crippen molar-refractivity contribution in [1.82, 2.24) is 0 Å². The lowest BCUT2D eigenvalue weighted by Gasteiger charge is -2.41. The third-order valence-corrected chi connectivity index (χ3v) is 13.3. The first-order valence-corrected chi connectivity index (χ1v) is 18.9. The highest BCUT2D eigenvalue weighted by Crippen LogP contribution is 2.70. The smallest absolute Gasteiger partial charge is 0.0468 e. The summed E-state index contributed by atoms with van der Waals surface area (Å²) in [5.74, 6) is 3.26. The van der Waals surface area contributed by atoms with Crippen molar-refractivity contribution in [3.05, 3.63) is 163 Å². The second kappa shape index (κ2) is 10.9. The molecule has 1 nitrogen and oxygen atoms in total. The maximum Gasteiger partial charge on any atom is 0.0468 e. The lowest BCUT2D eigenvalue weighted by molar-refractivity contribution is 0.224. The van der Waals surface area contributed by atoms with Crippen molar-refractivity contribution in [2.75, 3.05) is 4.90 Å². The minimum Gasteiger partial charge on any atom is -0.310 e. The van der Waals surface area contributed by atoms with Gasteiger partial charge in [-0.05, 0) is 147 Å². The van der Waals surface area contributed by atoms with E-state index in [9.17, 15) is 0 Å². The molecule has 0 amide bonds. The van der Waals surface area contributed by atoms with Crippen molar-refractivity contribution in [1.29, 1.82) is 0 Å². The van der Waals surface area contributed by atoms with Crippen LogP contribution in [0.3, 0.4) is 0 Å². The van der Waals surface area contributed by atoms with Crippen LogP contribution in [0.1, 0.15) is 49.7 Å². The van der Waals surface area contributed by atoms with Gasteiger partial charge in [0.25, 0.3) is 0 Å². The monoisotopic (exact) mass is 643 g/mol. The highest BCUT2D eigenvalue weighted by Gasteiger charge is 2.62. The molecule has 242 valence electrons. The predicted molar refractivity (Wildman–Crippen MR) is 209 cm³/mol. The summed E-state index contributed by atoms with van der Waals surface area (Å²) in [4.78, 5) is 2.51. The number of benzene rings is 7. The van der Waals surface area contributed by atoms with Gasteiger partial charge in [0.15, 0.2) is 0 Å². The van der Waals surface area contributed by atoms with E-state index < -0.39 is 0 Å². The van der Waals surface area contributed by atoms with Crippen LogP contribution < -0.4 is 4.90 Å². The SMILES string of the molecule is c1ccc2c(c1)-c1ccc(N(c3ccc(-c4ccc5ccccc5c4)cc3)c3ccc4ccccc4c3)cc1C21C2CC3CCCC1C(C3)C2. The lowest BCUT2D eigenvalue weighted by Crippen LogP contribution is -2.37. The normalized spacial score (nSPS) is 24.4. The van der Waals surface area contributed by atoms with E-state index in [-0.39, 0.29) is 5.41 Å². The summed E-state index contributed by atoms with van der Waals surface area (Å²) in [7, 11) is 0. The molecule has 11 rings (SSSR count). The Balaban J connectivity index is 1.08. The number of hydrogen-bond donors (Lipinski definition) is 0. The van der Waals surface area contributed by atoms with Gasteiger partial charge >= 0.3 is 0 Å². The highest BCUT2D eigenvalue weighted by atomic mass is 15.1. The molecule has 5 atom stereocenters. The summed E-state index contributed by atoms with van der Waals surface area (Å²) in [6.45, 7) is 0. The number of hydrogen-bond acceptors (Lipinski definition) is 1. The highest BCUT2D eigenvalue weighted by molar-refractivity contribution is 5.92. The Morgan fingerprint density at radius 3 is 1.94 bits per heavy atom. The minimum absolute atomic E-state index is 0.136. The van der Waals surface area contributed by atoms with Gasteiger partial charge in [0.2, 0.25) is 0 Å². The van der Waals surface area contributed by atoms with Crippen LogP contribution in [-0.2, 0) is 5.41 Å². The maximum absolute atomic E-state index is 2.63. The molecule has 0 saturated heterocycles. The van der Waals surface area contributed by atoms with Gasteiger partial charge in [-0.3, -0.25) is 0 Å². The summed E-state index contributed by atoms with van der Waals surface area (Å²) in [6.07, 6.45) is 8.47. The van der Waals surface area contributed by atoms with Gasteiger partial charge in [-0.25, -0.2) is 0 Å². The minimum atomic E-state index is 0.136. The second-order valence-electron chi connectivity index (χ2n) is 15.7. The Bertz CT molecular complexity index is 2440. The molecular formula is C49H41N. The molecule has 0 N–H and O–H groups in total. The van der Waals surface area contributed by atoms with E-state index >= 15 is 0 Å². The van der Waals surface area contributed by atoms with E-state index in [1.54, 1.807) is 11.1 Å². The number of anilines is 3. The Hall–Kier alpha value is -5.14. The van der Waals surface area contributed by atoms with Crippen LogP contribution in [0.2, 0.25) is 0 Å². The fourth-order valence-corrected chi connectivity index (χ4v) is 11.4. The molecule has 3 fully saturated rings. The zero-order chi connectivity index (χ0) is 32.8. The quantitative estimate of drug-likeness (QED) is 0.184. The summed E-state index contributed by atoms with van der Waals surface area (Å²) in [5.41, 5.74) is 12.5. The molecule has 3 saturated carbocycles. The molecule has 7 aromatic carbocycles. The number of rotatable bonds is 4. The van der Waals surface area contributed by atoms with Crippen molar-refractivity contribution in [2.24, 2.45) is 23.7 Å². The van der Waals surface area contributed by atoms with E-state index in [4.69, 9.17) is 0 Å². The van der Waals surface area contributed by atoms with Crippen LogP contribution in [0, 0.1) is 23.7 Å². The van der Waals surface area contributed by atoms with Crippen molar-refractivity contribution < 1.29 is 0 Å². The van der Waals surface area contributed by atoms with Crippen LogP contribution in [-0.4, -0.2) is 0 Å². The molecular weight excluding hydrogens is 603 g/mol. The molecule has 50 heavy (non-hydrogen) atoms. The molecule has 1 spiro atoms. The summed E-state index contributed by atoms with van der Waals surface area (Å²) < 4.78 is 0. The molecule has 0 aromatic heterocycles. The predicted octanol–water partition coefficient (Wildman–Crippen LogP) is 13.2. The molecule has 3 bridgehead atoms. The molecule has 0 heterocycles. The summed E-state index contributed by atoms with van der Waals surface area (Å²) in [6, 6.07) is 57.4. The Morgan fingerprint density at radius 1 is 0.460 bits per heavy atom. The van der Waals surface area contributed by atoms with Gasteiger partial charge in [-0.15, -0.1) is 0 Å². The largest absolute Gasteiger partial charge is 0.310 e. The first-order chi connectivity index (χ1) is 24.7. The molecule has 5 unspecified atom stereocenters. The van der Waals surface area contributed by atoms with Crippen LogP contribution in [0.15, 0.2) is 152 Å². The first kappa shape index (κ1) is 28.7. The third kappa shape index (κ3) is 4.13. The van der Waals surface area contributed by atoms with Crippen LogP contribution in [0.4, 0.5) is 17.1 Å². The van der Waals surface area contributed by atoms with Gasteiger partial charge in [-0.2, -0.15) is 0 Å². The fraction of sp³-hybridized carbons (Fsp3) is 0.224. The molecule has 1 heteroatoms. The van der Waals surface area contributed by atoms with E-state index in [2.05, 4.69) is 157 Å². The van der Waals surface area contributed by atoms with E-state index in [1.165, 1.54) is 99.4 Å². The molecule has 4 aliphatic rings. The average Bonchev–Trinajstić information content (AvgIpc) is 3.52. The Kier molecular flexibility index (Phi) is 6.27. The van der Waals surface area contributed by atoms with E-state index in [1.807, 2.05) is 0 Å². The second-order valence-corrected chi connectivity index (χ2v) is 15.7. The molecule has 0 radical (unpaired) electrons. The summed E-state index contributed by atoms with van der Waals surface area (Å²) in [5, 5.41) is 5.10. The number of nitrogens with zero attached hydrogens (tertiary/aromatic N) is 1. The topological polar surface area (TPSA) is 3.24 Å². The van der Waals surface area contributed by atoms with Gasteiger partial charge in [-0.1, -0.05) is 122 Å². The van der Waals surface area contributed by atoms with Gasteiger partial charge < -0.3 is 4.90 Å². The van der Waals surface area contributed by atoms with Gasteiger partial charge in [0.05, 0.1) is 0 Å². The van der Waals surface area contributed by atoms with Crippen molar-refractivity contribution in [3.8, 4) is 22.3 Å². The van der Waals surface area contributed by atoms with Crippen molar-refractivity contribution >= 4 is 38.6 Å². The maximum atomic E-state index is 2.63. The molecule has 0 aliphatic heterocycles. The Labute approximate surface area is 295 Å². The van der Waals surface area contributed by atoms with E-state index in [0.717, 1.165) is 23.7 Å². The van der Waals surface area contributed by atoms with Crippen molar-refractivity contribution in [2.45, 2.75) is 43.9 Å². The fourth-order valence-electron chi connectivity index (χ4n) is 11.4. The Morgan fingerprint density at radius 2 is 1.10 bits per heavy atom. The number of fused-ring (bicyclic) bond motifs is 11. The first-order valence-electron chi connectivity index (χ1n) is 18.9. The molecule has 7 aromatic rings. The third-order valence-electron chi connectivity index (χ3n) is 13.3. The standard InChI is InChI=1S/C49H41N/c1-3-11-36-28-38(17-16-33(36)9-1)35-18-21-41(22-19-35)50(42-23-20-34-10-2-4-12-37(34)30-42)43-24-25-45-44-13-5-6-14-47(44)49(48(45)31-43)40-27-32-8-7-15-46(49)39(26-32)29-40/h1-6,9-14,16-25,28,30-32,39-40,46H,7-8,15,26-27,29H2. The van der Waals surface area contributed by atoms with Crippen LogP contribution >= 0.6 is 0 Å². The summed E-state index contributed by atoms with van der Waals surface area (Å²) >= 11 is 0. The van der Waals surface area contributed by atoms with Gasteiger partial charge in [0, 0.05) is 22.5 Å². The zero-order valence-electron chi connectivity index (χ0n) is 28.4. The van der Waals surface area contributed by atoms with Crippen LogP contribution in [0.5, 0.6) is 0 Å². The van der Waals surface area contributed by atoms with Crippen LogP contribution in [0.25, 0.3) is 43.8 Å². The van der Waals surface area contributed by atoms with Gasteiger partial charge in [0.1, 0.15) is 0 Å². The average molecular weight is 644 g/mol. The van der Waals surface area contributed by atoms with E-state index in [0.29, 0.717) is 0 Å². The lowest BCUT2D eigenvalue weighted by atomic mass is 9.62.